The van der Waals surface area contributed by atoms with Crippen molar-refractivity contribution in [2.45, 2.75) is 27.7 Å². The van der Waals surface area contributed by atoms with Crippen molar-refractivity contribution in [1.29, 1.82) is 0 Å². The Morgan fingerprint density at radius 2 is 1.86 bits per heavy atom. The maximum atomic E-state index is 12.0. The van der Waals surface area contributed by atoms with Gasteiger partial charge in [0.15, 0.2) is 0 Å². The molecular weight excluding hydrogens is 306 g/mol. The van der Waals surface area contributed by atoms with E-state index in [1.165, 1.54) is 12.1 Å². The Balaban J connectivity index is 3.31. The molecule has 0 aliphatic heterocycles. The van der Waals surface area contributed by atoms with Crippen LogP contribution >= 0.6 is 0 Å². The third kappa shape index (κ3) is 4.94. The molecule has 22 heavy (non-hydrogen) atoms. The van der Waals surface area contributed by atoms with Gasteiger partial charge in [0.2, 0.25) is 15.9 Å². The molecule has 8 nitrogen and oxygen atoms in total. The topological polar surface area (TPSA) is 124 Å². The number of rotatable bonds is 4. The summed E-state index contributed by atoms with van der Waals surface area (Å²) in [5, 5.41) is 6.20. The number of nitrogens with one attached hydrogen (secondary N) is 2. The molecule has 0 spiro atoms. The molecule has 0 aromatic heterocycles. The third-order valence-electron chi connectivity index (χ3n) is 2.72. The lowest BCUT2D eigenvalue weighted by Crippen LogP contribution is -2.27. The van der Waals surface area contributed by atoms with Crippen molar-refractivity contribution in [1.82, 2.24) is 0 Å². The van der Waals surface area contributed by atoms with Crippen molar-refractivity contribution in [2.24, 2.45) is 10.5 Å². The van der Waals surface area contributed by atoms with Crippen LogP contribution in [0, 0.1) is 12.3 Å². The monoisotopic (exact) mass is 325 g/mol. The van der Waals surface area contributed by atoms with E-state index in [0.717, 1.165) is 6.26 Å². The molecule has 0 aliphatic rings. The molecule has 0 bridgehead atoms. The fourth-order valence-electron chi connectivity index (χ4n) is 1.55. The highest BCUT2D eigenvalue weighted by Crippen LogP contribution is 2.33. The molecule has 1 aromatic rings. The molecule has 0 saturated carbocycles. The number of sulfonamides is 1. The first-order chi connectivity index (χ1) is 9.94. The SMILES string of the molecule is Cc1cc(NS(C)(=O)=O)c(N=[N+]=[N-])cc1NC(=O)C(C)(C)C. The third-order valence-corrected chi connectivity index (χ3v) is 3.31. The number of anilines is 2. The van der Waals surface area contributed by atoms with Crippen LogP contribution in [0.1, 0.15) is 26.3 Å². The van der Waals surface area contributed by atoms with Crippen LogP contribution in [0.15, 0.2) is 17.2 Å². The number of hydrogen-bond acceptors (Lipinski definition) is 4. The zero-order chi connectivity index (χ0) is 17.1. The number of azide groups is 1. The Bertz CT molecular complexity index is 744. The van der Waals surface area contributed by atoms with Crippen LogP contribution in [-0.2, 0) is 14.8 Å². The van der Waals surface area contributed by atoms with Crippen LogP contribution in [-0.4, -0.2) is 20.6 Å². The van der Waals surface area contributed by atoms with Crippen LogP contribution in [0.3, 0.4) is 0 Å². The average molecular weight is 325 g/mol. The summed E-state index contributed by atoms with van der Waals surface area (Å²) in [5.74, 6) is -0.202. The highest BCUT2D eigenvalue weighted by Gasteiger charge is 2.22. The Labute approximate surface area is 129 Å². The highest BCUT2D eigenvalue weighted by molar-refractivity contribution is 7.92. The fraction of sp³-hybridized carbons (Fsp3) is 0.462. The molecule has 2 N–H and O–H groups in total. The van der Waals surface area contributed by atoms with E-state index in [2.05, 4.69) is 20.1 Å². The average Bonchev–Trinajstić information content (AvgIpc) is 2.31. The smallest absolute Gasteiger partial charge is 0.229 e. The first-order valence-electron chi connectivity index (χ1n) is 6.43. The largest absolute Gasteiger partial charge is 0.325 e. The van der Waals surface area contributed by atoms with Gasteiger partial charge < -0.3 is 5.32 Å². The minimum atomic E-state index is -3.51. The molecule has 0 atom stereocenters. The summed E-state index contributed by atoms with van der Waals surface area (Å²) in [6.45, 7) is 7.02. The van der Waals surface area contributed by atoms with Gasteiger partial charge >= 0.3 is 0 Å². The molecule has 9 heteroatoms. The normalized spacial score (nSPS) is 11.5. The van der Waals surface area contributed by atoms with Gasteiger partial charge in [-0.25, -0.2) is 8.42 Å². The standard InChI is InChI=1S/C13H19N5O3S/c1-8-6-11(17-22(5,20)21)10(16-18-14)7-9(8)15-12(19)13(2,3)4/h6-7,17H,1-5H3,(H,15,19). The van der Waals surface area contributed by atoms with Crippen molar-refractivity contribution < 1.29 is 13.2 Å². The lowest BCUT2D eigenvalue weighted by atomic mass is 9.95. The molecule has 0 unspecified atom stereocenters. The molecule has 1 rings (SSSR count). The van der Waals surface area contributed by atoms with E-state index in [1.807, 2.05) is 0 Å². The minimum absolute atomic E-state index is 0.0859. The van der Waals surface area contributed by atoms with E-state index in [1.54, 1.807) is 27.7 Å². The summed E-state index contributed by atoms with van der Waals surface area (Å²) >= 11 is 0. The number of carbonyl (C=O) groups is 1. The predicted octanol–water partition coefficient (Wildman–Crippen LogP) is 3.29. The lowest BCUT2D eigenvalue weighted by molar-refractivity contribution is -0.123. The van der Waals surface area contributed by atoms with Crippen molar-refractivity contribution in [2.75, 3.05) is 16.3 Å². The van der Waals surface area contributed by atoms with E-state index < -0.39 is 15.4 Å². The van der Waals surface area contributed by atoms with Gasteiger partial charge in [-0.3, -0.25) is 9.52 Å². The summed E-state index contributed by atoms with van der Waals surface area (Å²) in [7, 11) is -3.51. The van der Waals surface area contributed by atoms with Gasteiger partial charge in [0.05, 0.1) is 17.6 Å². The number of nitrogens with zero attached hydrogens (tertiary/aromatic N) is 3. The minimum Gasteiger partial charge on any atom is -0.325 e. The van der Waals surface area contributed by atoms with Crippen LogP contribution in [0.25, 0.3) is 10.4 Å². The van der Waals surface area contributed by atoms with Crippen molar-refractivity contribution in [3.05, 3.63) is 28.1 Å². The molecular formula is C13H19N5O3S. The van der Waals surface area contributed by atoms with Gasteiger partial charge in [-0.2, -0.15) is 0 Å². The molecule has 0 heterocycles. The second-order valence-electron chi connectivity index (χ2n) is 5.95. The van der Waals surface area contributed by atoms with Crippen LogP contribution < -0.4 is 10.0 Å². The molecule has 0 fully saturated rings. The number of benzene rings is 1. The Morgan fingerprint density at radius 1 is 1.27 bits per heavy atom. The summed E-state index contributed by atoms with van der Waals surface area (Å²) in [5.41, 5.74) is 9.36. The van der Waals surface area contributed by atoms with Crippen molar-refractivity contribution in [3.63, 3.8) is 0 Å². The van der Waals surface area contributed by atoms with E-state index in [-0.39, 0.29) is 17.3 Å². The number of carbonyl (C=O) groups excluding carboxylic acids is 1. The van der Waals surface area contributed by atoms with E-state index >= 15 is 0 Å². The molecule has 120 valence electrons. The first kappa shape index (κ1) is 17.8. The summed E-state index contributed by atoms with van der Waals surface area (Å²) < 4.78 is 25.0. The van der Waals surface area contributed by atoms with E-state index in [4.69, 9.17) is 5.53 Å². The van der Waals surface area contributed by atoms with Gasteiger partial charge in [-0.15, -0.1) is 0 Å². The molecule has 1 aromatic carbocycles. The van der Waals surface area contributed by atoms with Gasteiger partial charge in [-0.1, -0.05) is 25.9 Å². The second-order valence-corrected chi connectivity index (χ2v) is 7.70. The zero-order valence-electron chi connectivity index (χ0n) is 13.1. The van der Waals surface area contributed by atoms with Gasteiger partial charge in [-0.05, 0) is 30.2 Å². The van der Waals surface area contributed by atoms with Crippen LogP contribution in [0.4, 0.5) is 17.1 Å². The van der Waals surface area contributed by atoms with Crippen molar-refractivity contribution >= 4 is 33.0 Å². The lowest BCUT2D eigenvalue weighted by Gasteiger charge is -2.20. The van der Waals surface area contributed by atoms with Crippen LogP contribution in [0.5, 0.6) is 0 Å². The quantitative estimate of drug-likeness (QED) is 0.501. The maximum Gasteiger partial charge on any atom is 0.229 e. The van der Waals surface area contributed by atoms with E-state index in [0.29, 0.717) is 11.3 Å². The van der Waals surface area contributed by atoms with Crippen molar-refractivity contribution in [3.8, 4) is 0 Å². The number of aryl methyl sites for hydroxylation is 1. The summed E-state index contributed by atoms with van der Waals surface area (Å²) in [6.07, 6.45) is 0.998. The van der Waals surface area contributed by atoms with Crippen LogP contribution in [0.2, 0.25) is 0 Å². The van der Waals surface area contributed by atoms with Gasteiger partial charge in [0.1, 0.15) is 0 Å². The van der Waals surface area contributed by atoms with E-state index in [9.17, 15) is 13.2 Å². The Kier molecular flexibility index (Phi) is 5.05. The van der Waals surface area contributed by atoms with Gasteiger partial charge in [0.25, 0.3) is 0 Å². The molecule has 1 amide bonds. The first-order valence-corrected chi connectivity index (χ1v) is 8.32. The zero-order valence-corrected chi connectivity index (χ0v) is 13.9. The van der Waals surface area contributed by atoms with Gasteiger partial charge in [0, 0.05) is 16.0 Å². The maximum absolute atomic E-state index is 12.0. The molecule has 0 saturated heterocycles. The molecule has 0 radical (unpaired) electrons. The summed E-state index contributed by atoms with van der Waals surface area (Å²) in [4.78, 5) is 14.7. The Morgan fingerprint density at radius 3 is 2.32 bits per heavy atom. The highest BCUT2D eigenvalue weighted by atomic mass is 32.2. The number of amides is 1. The summed E-state index contributed by atoms with van der Waals surface area (Å²) in [6, 6.07) is 2.94. The number of hydrogen-bond donors (Lipinski definition) is 2. The fourth-order valence-corrected chi connectivity index (χ4v) is 2.12. The molecule has 0 aliphatic carbocycles. The Hall–Kier alpha value is -2.25. The predicted molar refractivity (Wildman–Crippen MR) is 86.5 cm³/mol. The second kappa shape index (κ2) is 6.25.